The number of hydrogen-bond acceptors (Lipinski definition) is 5. The maximum atomic E-state index is 11.7. The average Bonchev–Trinajstić information content (AvgIpc) is 2.43. The topological polar surface area (TPSA) is 76.7 Å². The normalized spacial score (nSPS) is 12.2. The number of amides is 1. The fraction of sp³-hybridized carbons (Fsp3) is 0.500. The molecule has 22 heavy (non-hydrogen) atoms. The van der Waals surface area contributed by atoms with Crippen LogP contribution in [-0.2, 0) is 14.3 Å². The maximum absolute atomic E-state index is 11.7. The molecule has 1 aromatic rings. The van der Waals surface area contributed by atoms with E-state index in [1.807, 2.05) is 6.92 Å². The largest absolute Gasteiger partial charge is 0.467 e. The molecule has 1 aromatic carbocycles. The minimum Gasteiger partial charge on any atom is -0.467 e. The third kappa shape index (κ3) is 6.03. The predicted octanol–water partition coefficient (Wildman–Crippen LogP) is 3.40. The van der Waals surface area contributed by atoms with Gasteiger partial charge in [0, 0.05) is 11.4 Å². The second-order valence-electron chi connectivity index (χ2n) is 5.83. The highest BCUT2D eigenvalue weighted by atomic mass is 16.6. The number of carbonyl (C=O) groups is 2. The maximum Gasteiger partial charge on any atom is 0.412 e. The quantitative estimate of drug-likeness (QED) is 0.815. The Morgan fingerprint density at radius 2 is 1.68 bits per heavy atom. The van der Waals surface area contributed by atoms with Crippen LogP contribution in [0, 0.1) is 0 Å². The molecule has 122 valence electrons. The molecule has 6 nitrogen and oxygen atoms in total. The summed E-state index contributed by atoms with van der Waals surface area (Å²) in [5.41, 5.74) is 0.846. The van der Waals surface area contributed by atoms with Gasteiger partial charge in [0.1, 0.15) is 11.6 Å². The van der Waals surface area contributed by atoms with Crippen LogP contribution in [0.2, 0.25) is 0 Å². The molecule has 6 heteroatoms. The number of nitrogens with one attached hydrogen (secondary N) is 2. The van der Waals surface area contributed by atoms with Crippen LogP contribution in [0.15, 0.2) is 24.3 Å². The number of hydrogen-bond donors (Lipinski definition) is 2. The molecule has 0 radical (unpaired) electrons. The summed E-state index contributed by atoms with van der Waals surface area (Å²) in [6, 6.07) is 6.62. The molecule has 0 bridgehead atoms. The number of rotatable bonds is 5. The first-order chi connectivity index (χ1) is 10.2. The monoisotopic (exact) mass is 308 g/mol. The average molecular weight is 308 g/mol. The minimum absolute atomic E-state index is 0.307. The summed E-state index contributed by atoms with van der Waals surface area (Å²) in [5, 5.41) is 5.73. The van der Waals surface area contributed by atoms with E-state index >= 15 is 0 Å². The fourth-order valence-electron chi connectivity index (χ4n) is 1.74. The van der Waals surface area contributed by atoms with Crippen molar-refractivity contribution >= 4 is 23.4 Å². The van der Waals surface area contributed by atoms with Crippen molar-refractivity contribution in [2.45, 2.75) is 45.8 Å². The molecule has 0 saturated carbocycles. The van der Waals surface area contributed by atoms with Crippen molar-refractivity contribution in [3.8, 4) is 0 Å². The second-order valence-corrected chi connectivity index (χ2v) is 5.83. The van der Waals surface area contributed by atoms with Crippen LogP contribution >= 0.6 is 0 Å². The summed E-state index contributed by atoms with van der Waals surface area (Å²) in [4.78, 5) is 23.2. The predicted molar refractivity (Wildman–Crippen MR) is 86.0 cm³/mol. The van der Waals surface area contributed by atoms with Gasteiger partial charge in [-0.15, -0.1) is 0 Å². The number of esters is 1. The second kappa shape index (κ2) is 7.68. The number of ether oxygens (including phenoxy) is 2. The highest BCUT2D eigenvalue weighted by Gasteiger charge is 2.17. The summed E-state index contributed by atoms with van der Waals surface area (Å²) in [5.74, 6) is -0.307. The van der Waals surface area contributed by atoms with Crippen LogP contribution in [0.1, 0.15) is 34.1 Å². The summed E-state index contributed by atoms with van der Waals surface area (Å²) in [6.07, 6.45) is 0.110. The Hall–Kier alpha value is -2.24. The van der Waals surface area contributed by atoms with E-state index in [2.05, 4.69) is 10.6 Å². The first kappa shape index (κ1) is 17.8. The van der Waals surface area contributed by atoms with Crippen molar-refractivity contribution in [2.24, 2.45) is 0 Å². The van der Waals surface area contributed by atoms with Crippen LogP contribution in [0.3, 0.4) is 0 Å². The Labute approximate surface area is 131 Å². The Kier molecular flexibility index (Phi) is 6.22. The Bertz CT molecular complexity index is 506. The van der Waals surface area contributed by atoms with Gasteiger partial charge in [-0.2, -0.15) is 0 Å². The fourth-order valence-corrected chi connectivity index (χ4v) is 1.74. The van der Waals surface area contributed by atoms with Crippen molar-refractivity contribution in [3.05, 3.63) is 24.3 Å². The third-order valence-electron chi connectivity index (χ3n) is 2.77. The molecule has 1 amide bonds. The van der Waals surface area contributed by atoms with E-state index in [0.717, 1.165) is 5.69 Å². The molecule has 2 N–H and O–H groups in total. The van der Waals surface area contributed by atoms with Crippen molar-refractivity contribution < 1.29 is 19.1 Å². The van der Waals surface area contributed by atoms with Gasteiger partial charge in [0.25, 0.3) is 0 Å². The molecular weight excluding hydrogens is 284 g/mol. The summed E-state index contributed by atoms with van der Waals surface area (Å²) in [6.45, 7) is 7.30. The Morgan fingerprint density at radius 3 is 2.14 bits per heavy atom. The highest BCUT2D eigenvalue weighted by Crippen LogP contribution is 2.17. The third-order valence-corrected chi connectivity index (χ3v) is 2.77. The summed E-state index contributed by atoms with van der Waals surface area (Å²) >= 11 is 0. The first-order valence-electron chi connectivity index (χ1n) is 7.19. The van der Waals surface area contributed by atoms with E-state index in [1.165, 1.54) is 7.11 Å². The van der Waals surface area contributed by atoms with Crippen LogP contribution in [0.25, 0.3) is 0 Å². The molecule has 0 spiro atoms. The minimum atomic E-state index is -0.541. The molecular formula is C16H24N2O4. The van der Waals surface area contributed by atoms with E-state index < -0.39 is 17.7 Å². The molecule has 0 aromatic heterocycles. The van der Waals surface area contributed by atoms with E-state index in [9.17, 15) is 9.59 Å². The van der Waals surface area contributed by atoms with Gasteiger partial charge in [0.05, 0.1) is 7.11 Å². The molecule has 0 saturated heterocycles. The Balaban J connectivity index is 2.63. The van der Waals surface area contributed by atoms with Gasteiger partial charge in [0.15, 0.2) is 0 Å². The number of methoxy groups -OCH3 is 1. The lowest BCUT2D eigenvalue weighted by atomic mass is 10.2. The molecule has 0 aliphatic rings. The number of benzene rings is 1. The van der Waals surface area contributed by atoms with E-state index in [-0.39, 0.29) is 5.97 Å². The lowest BCUT2D eigenvalue weighted by molar-refractivity contribution is -0.141. The van der Waals surface area contributed by atoms with Crippen LogP contribution in [0.5, 0.6) is 0 Å². The van der Waals surface area contributed by atoms with Gasteiger partial charge in [0.2, 0.25) is 0 Å². The van der Waals surface area contributed by atoms with Gasteiger partial charge in [-0.05, 0) is 51.5 Å². The lowest BCUT2D eigenvalue weighted by Gasteiger charge is -2.20. The molecule has 0 aliphatic heterocycles. The van der Waals surface area contributed by atoms with Crippen molar-refractivity contribution in [3.63, 3.8) is 0 Å². The van der Waals surface area contributed by atoms with Crippen LogP contribution < -0.4 is 10.6 Å². The smallest absolute Gasteiger partial charge is 0.412 e. The zero-order chi connectivity index (χ0) is 16.8. The first-order valence-corrected chi connectivity index (χ1v) is 7.19. The molecule has 1 unspecified atom stereocenters. The summed E-state index contributed by atoms with van der Waals surface area (Å²) in [7, 11) is 1.36. The zero-order valence-electron chi connectivity index (χ0n) is 13.7. The van der Waals surface area contributed by atoms with Crippen LogP contribution in [0.4, 0.5) is 16.2 Å². The van der Waals surface area contributed by atoms with E-state index in [4.69, 9.17) is 9.47 Å². The lowest BCUT2D eigenvalue weighted by Crippen LogP contribution is -2.29. The van der Waals surface area contributed by atoms with Gasteiger partial charge in [-0.25, -0.2) is 9.59 Å². The molecule has 1 rings (SSSR count). The standard InChI is InChI=1S/C16H24N2O4/c1-6-13(14(19)21-5)17-11-7-9-12(10-8-11)18-15(20)22-16(2,3)4/h7-10,13,17H,6H2,1-5H3,(H,18,20). The van der Waals surface area contributed by atoms with E-state index in [1.54, 1.807) is 45.0 Å². The van der Waals surface area contributed by atoms with Gasteiger partial charge in [-0.3, -0.25) is 5.32 Å². The van der Waals surface area contributed by atoms with Crippen molar-refractivity contribution in [2.75, 3.05) is 17.7 Å². The highest BCUT2D eigenvalue weighted by molar-refractivity contribution is 5.85. The van der Waals surface area contributed by atoms with Gasteiger partial charge in [-0.1, -0.05) is 6.92 Å². The van der Waals surface area contributed by atoms with Gasteiger partial charge < -0.3 is 14.8 Å². The van der Waals surface area contributed by atoms with Gasteiger partial charge >= 0.3 is 12.1 Å². The van der Waals surface area contributed by atoms with E-state index in [0.29, 0.717) is 12.1 Å². The summed E-state index contributed by atoms with van der Waals surface area (Å²) < 4.78 is 9.90. The van der Waals surface area contributed by atoms with Crippen molar-refractivity contribution in [1.82, 2.24) is 0 Å². The van der Waals surface area contributed by atoms with Crippen LogP contribution in [-0.4, -0.2) is 30.8 Å². The molecule has 0 fully saturated rings. The number of anilines is 2. The Morgan fingerprint density at radius 1 is 1.14 bits per heavy atom. The number of carbonyl (C=O) groups excluding carboxylic acids is 2. The molecule has 1 atom stereocenters. The zero-order valence-corrected chi connectivity index (χ0v) is 13.7. The van der Waals surface area contributed by atoms with Crippen molar-refractivity contribution in [1.29, 1.82) is 0 Å². The SMILES string of the molecule is CCC(Nc1ccc(NC(=O)OC(C)(C)C)cc1)C(=O)OC. The molecule has 0 heterocycles. The molecule has 0 aliphatic carbocycles.